The Morgan fingerprint density at radius 1 is 1.27 bits per heavy atom. The Morgan fingerprint density at radius 2 is 2.00 bits per heavy atom. The normalized spacial score (nSPS) is 27.5. The first kappa shape index (κ1) is 13.8. The van der Waals surface area contributed by atoms with Crippen molar-refractivity contribution >= 4 is 11.6 Å². The summed E-state index contributed by atoms with van der Waals surface area (Å²) in [5.41, 5.74) is 2.48. The number of nitrogens with zero attached hydrogens (tertiary/aromatic N) is 3. The van der Waals surface area contributed by atoms with E-state index in [-0.39, 0.29) is 5.91 Å². The van der Waals surface area contributed by atoms with E-state index in [2.05, 4.69) is 4.98 Å². The number of amides is 1. The number of methoxy groups -OCH3 is 1. The highest BCUT2D eigenvalue weighted by atomic mass is 16.5. The van der Waals surface area contributed by atoms with Gasteiger partial charge in [0.2, 0.25) is 0 Å². The van der Waals surface area contributed by atoms with Crippen LogP contribution >= 0.6 is 0 Å². The highest BCUT2D eigenvalue weighted by molar-refractivity contribution is 5.93. The summed E-state index contributed by atoms with van der Waals surface area (Å²) in [6.07, 6.45) is 4.40. The molecule has 116 valence electrons. The van der Waals surface area contributed by atoms with Crippen LogP contribution in [0.4, 0.5) is 0 Å². The maximum Gasteiger partial charge on any atom is 0.274 e. The molecule has 1 unspecified atom stereocenters. The smallest absolute Gasteiger partial charge is 0.274 e. The van der Waals surface area contributed by atoms with Gasteiger partial charge in [0.1, 0.15) is 11.3 Å². The number of hydrogen-bond acceptors (Lipinski definition) is 3. The monoisotopic (exact) mass is 299 g/mol. The Balaban J connectivity index is 1.54. The number of imidazole rings is 1. The Bertz CT molecular complexity index is 710. The van der Waals surface area contributed by atoms with Crippen LogP contribution in [0.15, 0.2) is 24.4 Å². The standard InChI is InChI=1S/C17H21N3O2/c1-11-4-3-5-16-18-15(10-20(11)16)17(21)19-8-12-6-14(22-2)7-13(12)9-19/h3-5,10,12-14H,6-9H2,1-2H3/t12-,13+,14?. The maximum absolute atomic E-state index is 12.7. The average Bonchev–Trinajstić information content (AvgIpc) is 3.18. The van der Waals surface area contributed by atoms with Crippen molar-refractivity contribution in [2.45, 2.75) is 25.9 Å². The second-order valence-corrected chi connectivity index (χ2v) is 6.58. The Hall–Kier alpha value is -1.88. The molecule has 4 rings (SSSR count). The van der Waals surface area contributed by atoms with Crippen molar-refractivity contribution in [1.29, 1.82) is 0 Å². The molecule has 0 spiro atoms. The van der Waals surface area contributed by atoms with E-state index < -0.39 is 0 Å². The molecule has 2 aliphatic rings. The van der Waals surface area contributed by atoms with E-state index in [9.17, 15) is 4.79 Å². The van der Waals surface area contributed by atoms with Crippen molar-refractivity contribution in [3.8, 4) is 0 Å². The third kappa shape index (κ3) is 2.11. The number of likely N-dealkylation sites (tertiary alicyclic amines) is 1. The number of pyridine rings is 1. The zero-order chi connectivity index (χ0) is 15.3. The van der Waals surface area contributed by atoms with Crippen LogP contribution < -0.4 is 0 Å². The van der Waals surface area contributed by atoms with Gasteiger partial charge in [0, 0.05) is 32.1 Å². The lowest BCUT2D eigenvalue weighted by atomic mass is 10.0. The minimum absolute atomic E-state index is 0.0615. The minimum Gasteiger partial charge on any atom is -0.381 e. The van der Waals surface area contributed by atoms with Gasteiger partial charge in [0.15, 0.2) is 0 Å². The molecule has 3 atom stereocenters. The van der Waals surface area contributed by atoms with E-state index in [0.29, 0.717) is 23.6 Å². The summed E-state index contributed by atoms with van der Waals surface area (Å²) in [4.78, 5) is 19.2. The van der Waals surface area contributed by atoms with Crippen LogP contribution in [0.1, 0.15) is 29.0 Å². The number of carbonyl (C=O) groups is 1. The van der Waals surface area contributed by atoms with Crippen LogP contribution in [-0.4, -0.2) is 46.5 Å². The van der Waals surface area contributed by atoms with Crippen molar-refractivity contribution < 1.29 is 9.53 Å². The van der Waals surface area contributed by atoms with Gasteiger partial charge >= 0.3 is 0 Å². The molecular formula is C17H21N3O2. The van der Waals surface area contributed by atoms with Gasteiger partial charge in [-0.1, -0.05) is 6.07 Å². The first-order chi connectivity index (χ1) is 10.7. The Kier molecular flexibility index (Phi) is 3.18. The third-order valence-corrected chi connectivity index (χ3v) is 5.24. The second kappa shape index (κ2) is 5.09. The van der Waals surface area contributed by atoms with Crippen LogP contribution in [0.25, 0.3) is 5.65 Å². The fourth-order valence-corrected chi connectivity index (χ4v) is 4.02. The lowest BCUT2D eigenvalue weighted by molar-refractivity contribution is 0.0727. The lowest BCUT2D eigenvalue weighted by Crippen LogP contribution is -2.30. The van der Waals surface area contributed by atoms with Crippen molar-refractivity contribution in [3.05, 3.63) is 35.8 Å². The lowest BCUT2D eigenvalue weighted by Gasteiger charge is -2.17. The zero-order valence-corrected chi connectivity index (χ0v) is 13.0. The van der Waals surface area contributed by atoms with Gasteiger partial charge in [-0.3, -0.25) is 4.79 Å². The number of aryl methyl sites for hydroxylation is 1. The molecule has 2 aromatic heterocycles. The summed E-state index contributed by atoms with van der Waals surface area (Å²) < 4.78 is 7.44. The van der Waals surface area contributed by atoms with E-state index in [4.69, 9.17) is 4.74 Å². The van der Waals surface area contributed by atoms with Gasteiger partial charge in [-0.2, -0.15) is 0 Å². The molecule has 2 aromatic rings. The maximum atomic E-state index is 12.7. The molecule has 1 aliphatic carbocycles. The molecule has 5 heteroatoms. The quantitative estimate of drug-likeness (QED) is 0.853. The molecule has 2 fully saturated rings. The fraction of sp³-hybridized carbons (Fsp3) is 0.529. The summed E-state index contributed by atoms with van der Waals surface area (Å²) in [7, 11) is 1.79. The number of ether oxygens (including phenoxy) is 1. The van der Waals surface area contributed by atoms with Gasteiger partial charge in [0.25, 0.3) is 5.91 Å². The predicted molar refractivity (Wildman–Crippen MR) is 82.8 cm³/mol. The van der Waals surface area contributed by atoms with Gasteiger partial charge in [-0.25, -0.2) is 4.98 Å². The van der Waals surface area contributed by atoms with Crippen LogP contribution in [0, 0.1) is 18.8 Å². The number of aromatic nitrogens is 2. The van der Waals surface area contributed by atoms with Gasteiger partial charge in [0.05, 0.1) is 6.10 Å². The molecule has 0 N–H and O–H groups in total. The number of carbonyl (C=O) groups excluding carboxylic acids is 1. The molecule has 0 aromatic carbocycles. The van der Waals surface area contributed by atoms with Crippen molar-refractivity contribution in [2.24, 2.45) is 11.8 Å². The molecule has 5 nitrogen and oxygen atoms in total. The number of rotatable bonds is 2. The summed E-state index contributed by atoms with van der Waals surface area (Å²) in [5.74, 6) is 1.24. The highest BCUT2D eigenvalue weighted by Crippen LogP contribution is 2.39. The van der Waals surface area contributed by atoms with Gasteiger partial charge in [-0.05, 0) is 43.7 Å². The molecule has 0 bridgehead atoms. The number of hydrogen-bond donors (Lipinski definition) is 0. The molecule has 22 heavy (non-hydrogen) atoms. The van der Waals surface area contributed by atoms with E-state index in [1.54, 1.807) is 7.11 Å². The summed E-state index contributed by atoms with van der Waals surface area (Å²) in [6, 6.07) is 5.93. The zero-order valence-electron chi connectivity index (χ0n) is 13.0. The van der Waals surface area contributed by atoms with E-state index in [1.807, 2.05) is 40.6 Å². The molecule has 1 amide bonds. The summed E-state index contributed by atoms with van der Waals surface area (Å²) >= 11 is 0. The highest BCUT2D eigenvalue weighted by Gasteiger charge is 2.42. The first-order valence-electron chi connectivity index (χ1n) is 7.92. The fourth-order valence-electron chi connectivity index (χ4n) is 4.02. The number of fused-ring (bicyclic) bond motifs is 2. The van der Waals surface area contributed by atoms with Crippen LogP contribution in [0.2, 0.25) is 0 Å². The molecule has 0 radical (unpaired) electrons. The molecule has 1 aliphatic heterocycles. The van der Waals surface area contributed by atoms with Crippen LogP contribution in [0.5, 0.6) is 0 Å². The summed E-state index contributed by atoms with van der Waals surface area (Å²) in [5, 5.41) is 0. The molecule has 1 saturated carbocycles. The largest absolute Gasteiger partial charge is 0.381 e. The Morgan fingerprint density at radius 3 is 2.64 bits per heavy atom. The van der Waals surface area contributed by atoms with E-state index in [0.717, 1.165) is 37.3 Å². The average molecular weight is 299 g/mol. The Labute approximate surface area is 129 Å². The van der Waals surface area contributed by atoms with E-state index in [1.165, 1.54) is 0 Å². The molecule has 1 saturated heterocycles. The predicted octanol–water partition coefficient (Wildman–Crippen LogP) is 2.14. The second-order valence-electron chi connectivity index (χ2n) is 6.58. The van der Waals surface area contributed by atoms with E-state index >= 15 is 0 Å². The van der Waals surface area contributed by atoms with Gasteiger partial charge < -0.3 is 14.0 Å². The topological polar surface area (TPSA) is 46.8 Å². The van der Waals surface area contributed by atoms with Crippen molar-refractivity contribution in [1.82, 2.24) is 14.3 Å². The van der Waals surface area contributed by atoms with Crippen LogP contribution in [0.3, 0.4) is 0 Å². The SMILES string of the molecule is COC1C[C@@H]2CN(C(=O)c3cn4c(C)cccc4n3)C[C@@H]2C1. The third-order valence-electron chi connectivity index (χ3n) is 5.24. The molecular weight excluding hydrogens is 278 g/mol. The van der Waals surface area contributed by atoms with Crippen molar-refractivity contribution in [2.75, 3.05) is 20.2 Å². The van der Waals surface area contributed by atoms with Crippen LogP contribution in [-0.2, 0) is 4.74 Å². The summed E-state index contributed by atoms with van der Waals surface area (Å²) in [6.45, 7) is 3.71. The van der Waals surface area contributed by atoms with Crippen molar-refractivity contribution in [3.63, 3.8) is 0 Å². The molecule has 3 heterocycles. The first-order valence-corrected chi connectivity index (χ1v) is 7.92. The minimum atomic E-state index is 0.0615. The van der Waals surface area contributed by atoms with Gasteiger partial charge in [-0.15, -0.1) is 0 Å².